The van der Waals surface area contributed by atoms with Gasteiger partial charge in [-0.2, -0.15) is 10.4 Å². The number of nitriles is 1. The number of carbonyl (C=O) groups is 2. The normalized spacial score (nSPS) is 14.9. The van der Waals surface area contributed by atoms with Gasteiger partial charge in [0.1, 0.15) is 11.6 Å². The van der Waals surface area contributed by atoms with E-state index in [1.807, 2.05) is 61.3 Å². The maximum Gasteiger partial charge on any atom is 0.271 e. The Morgan fingerprint density at radius 1 is 0.974 bits per heavy atom. The fraction of sp³-hybridized carbons (Fsp3) is 0.290. The fourth-order valence-electron chi connectivity index (χ4n) is 4.28. The molecule has 0 saturated carbocycles. The molecule has 0 unspecified atom stereocenters. The average molecular weight is 525 g/mol. The minimum Gasteiger partial charge on any atom is -0.274 e. The van der Waals surface area contributed by atoms with Crippen LogP contribution in [0.1, 0.15) is 52.0 Å². The molecule has 2 amide bonds. The number of rotatable bonds is 10. The van der Waals surface area contributed by atoms with Gasteiger partial charge in [-0.15, -0.1) is 11.8 Å². The number of hydrogen-bond acceptors (Lipinski definition) is 5. The van der Waals surface area contributed by atoms with Gasteiger partial charge in [0.25, 0.3) is 11.8 Å². The second kappa shape index (κ2) is 12.6. The third-order valence-corrected chi connectivity index (χ3v) is 7.62. The summed E-state index contributed by atoms with van der Waals surface area (Å²) in [4.78, 5) is 28.7. The lowest BCUT2D eigenvalue weighted by atomic mass is 9.93. The molecule has 0 N–H and O–H groups in total. The lowest BCUT2D eigenvalue weighted by molar-refractivity contribution is -0.140. The Morgan fingerprint density at radius 3 is 2.34 bits per heavy atom. The molecule has 0 bridgehead atoms. The summed E-state index contributed by atoms with van der Waals surface area (Å²) in [5.74, 6) is 0.191. The van der Waals surface area contributed by atoms with Gasteiger partial charge in [0, 0.05) is 34.3 Å². The smallest absolute Gasteiger partial charge is 0.271 e. The fourth-order valence-corrected chi connectivity index (χ4v) is 5.28. The minimum absolute atomic E-state index is 0.0115. The van der Waals surface area contributed by atoms with E-state index in [1.54, 1.807) is 17.7 Å². The van der Waals surface area contributed by atoms with Crippen molar-refractivity contribution in [1.29, 1.82) is 5.26 Å². The number of para-hydroxylation sites is 1. The van der Waals surface area contributed by atoms with Crippen LogP contribution in [0.4, 0.5) is 0 Å². The van der Waals surface area contributed by atoms with Crippen molar-refractivity contribution < 1.29 is 9.59 Å². The number of hydrogen-bond donors (Lipinski definition) is 0. The SMILES string of the molecule is CCCCSc1ccc(-c2nn(-c3ccccc3)cc2/C=C2/C(=O)N(CCCC)C(=O)C(C#N)=C2C)cc1. The van der Waals surface area contributed by atoms with Gasteiger partial charge in [-0.25, -0.2) is 4.68 Å². The minimum atomic E-state index is -0.517. The molecule has 0 saturated heterocycles. The zero-order valence-electron chi connectivity index (χ0n) is 22.1. The van der Waals surface area contributed by atoms with Gasteiger partial charge in [-0.1, -0.05) is 57.0 Å². The van der Waals surface area contributed by atoms with Gasteiger partial charge in [0.05, 0.1) is 11.4 Å². The van der Waals surface area contributed by atoms with Crippen LogP contribution < -0.4 is 0 Å². The Balaban J connectivity index is 1.81. The molecule has 2 aromatic carbocycles. The van der Waals surface area contributed by atoms with Crippen LogP contribution in [0.3, 0.4) is 0 Å². The Bertz CT molecular complexity index is 1410. The zero-order chi connectivity index (χ0) is 27.1. The topological polar surface area (TPSA) is 79.0 Å². The molecule has 0 aliphatic carbocycles. The van der Waals surface area contributed by atoms with Crippen LogP contribution in [0.2, 0.25) is 0 Å². The van der Waals surface area contributed by atoms with E-state index in [2.05, 4.69) is 31.2 Å². The summed E-state index contributed by atoms with van der Waals surface area (Å²) >= 11 is 1.84. The Kier molecular flexibility index (Phi) is 8.98. The van der Waals surface area contributed by atoms with E-state index in [9.17, 15) is 14.9 Å². The Morgan fingerprint density at radius 2 is 1.68 bits per heavy atom. The number of imide groups is 1. The van der Waals surface area contributed by atoms with Crippen LogP contribution in [0.25, 0.3) is 23.0 Å². The van der Waals surface area contributed by atoms with Crippen molar-refractivity contribution in [2.75, 3.05) is 12.3 Å². The first-order valence-electron chi connectivity index (χ1n) is 13.1. The molecule has 0 spiro atoms. The van der Waals surface area contributed by atoms with Crippen molar-refractivity contribution >= 4 is 29.7 Å². The molecule has 0 fully saturated rings. The summed E-state index contributed by atoms with van der Waals surface area (Å²) in [7, 11) is 0. The molecule has 0 atom stereocenters. The van der Waals surface area contributed by atoms with Gasteiger partial charge in [0.2, 0.25) is 0 Å². The zero-order valence-corrected chi connectivity index (χ0v) is 22.9. The van der Waals surface area contributed by atoms with Crippen molar-refractivity contribution in [3.63, 3.8) is 0 Å². The molecular weight excluding hydrogens is 492 g/mol. The maximum atomic E-state index is 13.5. The molecule has 3 aromatic rings. The van der Waals surface area contributed by atoms with Gasteiger partial charge >= 0.3 is 0 Å². The third kappa shape index (κ3) is 5.81. The predicted molar refractivity (Wildman–Crippen MR) is 153 cm³/mol. The highest BCUT2D eigenvalue weighted by atomic mass is 32.2. The standard InChI is InChI=1S/C31H32N4O2S/c1-4-6-17-34-30(36)27(22(3)28(20-32)31(34)37)19-24-21-35(25-11-9-8-10-12-25)33-29(24)23-13-15-26(16-14-23)38-18-7-5-2/h8-16,19,21H,4-7,17-18H2,1-3H3/b27-19+. The first-order valence-corrected chi connectivity index (χ1v) is 14.0. The molecule has 1 aromatic heterocycles. The van der Waals surface area contributed by atoms with Crippen LogP contribution >= 0.6 is 11.8 Å². The number of nitrogens with zero attached hydrogens (tertiary/aromatic N) is 4. The van der Waals surface area contributed by atoms with Gasteiger partial charge < -0.3 is 0 Å². The van der Waals surface area contributed by atoms with Crippen molar-refractivity contribution in [1.82, 2.24) is 14.7 Å². The summed E-state index contributed by atoms with van der Waals surface area (Å²) in [5, 5.41) is 14.6. The summed E-state index contributed by atoms with van der Waals surface area (Å²) in [6.07, 6.45) is 7.52. The second-order valence-corrected chi connectivity index (χ2v) is 10.4. The summed E-state index contributed by atoms with van der Waals surface area (Å²) < 4.78 is 1.79. The van der Waals surface area contributed by atoms with Gasteiger partial charge in [0.15, 0.2) is 0 Å². The highest BCUT2D eigenvalue weighted by Crippen LogP contribution is 2.32. The molecule has 0 radical (unpaired) electrons. The average Bonchev–Trinajstić information content (AvgIpc) is 3.36. The monoisotopic (exact) mass is 524 g/mol. The van der Waals surface area contributed by atoms with Crippen LogP contribution in [0.5, 0.6) is 0 Å². The van der Waals surface area contributed by atoms with E-state index in [0.29, 0.717) is 17.6 Å². The van der Waals surface area contributed by atoms with Crippen LogP contribution in [0, 0.1) is 11.3 Å². The van der Waals surface area contributed by atoms with E-state index >= 15 is 0 Å². The van der Waals surface area contributed by atoms with Gasteiger partial charge in [-0.3, -0.25) is 14.5 Å². The second-order valence-electron chi connectivity index (χ2n) is 9.22. The van der Waals surface area contributed by atoms with E-state index < -0.39 is 5.91 Å². The van der Waals surface area contributed by atoms with Crippen LogP contribution in [-0.2, 0) is 9.59 Å². The highest BCUT2D eigenvalue weighted by Gasteiger charge is 2.35. The third-order valence-electron chi connectivity index (χ3n) is 6.52. The Hall–Kier alpha value is -3.89. The van der Waals surface area contributed by atoms with E-state index in [0.717, 1.165) is 34.7 Å². The summed E-state index contributed by atoms with van der Waals surface area (Å²) in [6, 6.07) is 20.1. The quantitative estimate of drug-likeness (QED) is 0.126. The lowest BCUT2D eigenvalue weighted by Crippen LogP contribution is -2.43. The molecular formula is C31H32N4O2S. The van der Waals surface area contributed by atoms with E-state index in [4.69, 9.17) is 5.10 Å². The van der Waals surface area contributed by atoms with Crippen molar-refractivity contribution in [2.24, 2.45) is 0 Å². The van der Waals surface area contributed by atoms with E-state index in [1.165, 1.54) is 22.6 Å². The first kappa shape index (κ1) is 27.2. The van der Waals surface area contributed by atoms with Gasteiger partial charge in [-0.05, 0) is 61.4 Å². The molecule has 7 heteroatoms. The molecule has 2 heterocycles. The molecule has 1 aliphatic rings. The van der Waals surface area contributed by atoms with Crippen molar-refractivity contribution in [2.45, 2.75) is 51.3 Å². The molecule has 38 heavy (non-hydrogen) atoms. The number of amides is 2. The van der Waals surface area contributed by atoms with Crippen LogP contribution in [-0.4, -0.2) is 38.8 Å². The largest absolute Gasteiger partial charge is 0.274 e. The lowest BCUT2D eigenvalue weighted by Gasteiger charge is -2.27. The van der Waals surface area contributed by atoms with E-state index in [-0.39, 0.29) is 18.0 Å². The van der Waals surface area contributed by atoms with Crippen LogP contribution in [0.15, 0.2) is 82.4 Å². The van der Waals surface area contributed by atoms with Crippen molar-refractivity contribution in [3.8, 4) is 23.0 Å². The highest BCUT2D eigenvalue weighted by molar-refractivity contribution is 7.99. The number of carbonyl (C=O) groups excluding carboxylic acids is 2. The number of aromatic nitrogens is 2. The molecule has 6 nitrogen and oxygen atoms in total. The maximum absolute atomic E-state index is 13.5. The summed E-state index contributed by atoms with van der Waals surface area (Å²) in [5.41, 5.74) is 4.04. The Labute approximate surface area is 228 Å². The number of benzene rings is 2. The number of unbranched alkanes of at least 4 members (excludes halogenated alkanes) is 2. The molecule has 194 valence electrons. The molecule has 4 rings (SSSR count). The predicted octanol–water partition coefficient (Wildman–Crippen LogP) is 6.82. The molecule has 1 aliphatic heterocycles. The first-order chi connectivity index (χ1) is 18.5. The van der Waals surface area contributed by atoms with Crippen molar-refractivity contribution in [3.05, 3.63) is 83.1 Å². The number of thioether (sulfide) groups is 1. The summed E-state index contributed by atoms with van der Waals surface area (Å²) in [6.45, 7) is 6.15.